The van der Waals surface area contributed by atoms with E-state index in [0.717, 1.165) is 49.6 Å². The van der Waals surface area contributed by atoms with Gasteiger partial charge in [-0.05, 0) is 37.5 Å². The van der Waals surface area contributed by atoms with Gasteiger partial charge >= 0.3 is 0 Å². The number of fused-ring (bicyclic) bond motifs is 1. The maximum Gasteiger partial charge on any atom is 0.247 e. The SMILES string of the molecule is CCCCN(C(=O)Cn1nnc2ccccc21)[C@H](C(=O)NC1CCCC1)c1cccc(OC)c1OC. The first kappa shape index (κ1) is 25.5. The van der Waals surface area contributed by atoms with Crippen molar-refractivity contribution in [3.8, 4) is 11.5 Å². The Kier molecular flexibility index (Phi) is 8.40. The third kappa shape index (κ3) is 5.45. The predicted octanol–water partition coefficient (Wildman–Crippen LogP) is 3.88. The summed E-state index contributed by atoms with van der Waals surface area (Å²) < 4.78 is 12.8. The van der Waals surface area contributed by atoms with Crippen molar-refractivity contribution in [2.75, 3.05) is 20.8 Å². The lowest BCUT2D eigenvalue weighted by molar-refractivity contribution is -0.142. The molecular formula is C27H35N5O4. The molecule has 4 rings (SSSR count). The number of nitrogens with zero attached hydrogens (tertiary/aromatic N) is 4. The van der Waals surface area contributed by atoms with Gasteiger partial charge in [0, 0.05) is 18.2 Å². The van der Waals surface area contributed by atoms with Crippen molar-refractivity contribution in [3.05, 3.63) is 48.0 Å². The fourth-order valence-electron chi connectivity index (χ4n) is 4.91. The minimum atomic E-state index is -0.871. The van der Waals surface area contributed by atoms with Crippen molar-refractivity contribution in [2.24, 2.45) is 0 Å². The van der Waals surface area contributed by atoms with Gasteiger partial charge in [-0.3, -0.25) is 9.59 Å². The molecule has 0 radical (unpaired) electrons. The Morgan fingerprint density at radius 3 is 2.61 bits per heavy atom. The highest BCUT2D eigenvalue weighted by atomic mass is 16.5. The zero-order chi connectivity index (χ0) is 25.5. The molecule has 0 saturated heterocycles. The molecule has 9 heteroatoms. The molecule has 0 unspecified atom stereocenters. The van der Waals surface area contributed by atoms with E-state index in [0.29, 0.717) is 23.6 Å². The monoisotopic (exact) mass is 493 g/mol. The van der Waals surface area contributed by atoms with E-state index in [-0.39, 0.29) is 24.4 Å². The lowest BCUT2D eigenvalue weighted by atomic mass is 10.0. The Balaban J connectivity index is 1.73. The lowest BCUT2D eigenvalue weighted by Gasteiger charge is -2.33. The number of carbonyl (C=O) groups excluding carboxylic acids is 2. The highest BCUT2D eigenvalue weighted by Crippen LogP contribution is 2.38. The van der Waals surface area contributed by atoms with Crippen molar-refractivity contribution >= 4 is 22.8 Å². The van der Waals surface area contributed by atoms with Crippen LogP contribution in [0.5, 0.6) is 11.5 Å². The zero-order valence-corrected chi connectivity index (χ0v) is 21.3. The number of amides is 2. The van der Waals surface area contributed by atoms with Gasteiger partial charge < -0.3 is 19.7 Å². The van der Waals surface area contributed by atoms with Crippen LogP contribution in [0.15, 0.2) is 42.5 Å². The summed E-state index contributed by atoms with van der Waals surface area (Å²) in [4.78, 5) is 29.4. The van der Waals surface area contributed by atoms with Gasteiger partial charge in [0.05, 0.1) is 19.7 Å². The van der Waals surface area contributed by atoms with E-state index in [9.17, 15) is 9.59 Å². The third-order valence-corrected chi connectivity index (χ3v) is 6.77. The summed E-state index contributed by atoms with van der Waals surface area (Å²) in [6.07, 6.45) is 5.71. The molecule has 1 aromatic heterocycles. The van der Waals surface area contributed by atoms with Crippen LogP contribution in [0.4, 0.5) is 0 Å². The first-order valence-electron chi connectivity index (χ1n) is 12.7. The molecule has 36 heavy (non-hydrogen) atoms. The van der Waals surface area contributed by atoms with E-state index in [4.69, 9.17) is 9.47 Å². The number of hydrogen-bond acceptors (Lipinski definition) is 6. The first-order valence-corrected chi connectivity index (χ1v) is 12.7. The molecule has 1 saturated carbocycles. The van der Waals surface area contributed by atoms with Crippen molar-refractivity contribution in [3.63, 3.8) is 0 Å². The predicted molar refractivity (Wildman–Crippen MR) is 137 cm³/mol. The van der Waals surface area contributed by atoms with Crippen LogP contribution < -0.4 is 14.8 Å². The second-order valence-electron chi connectivity index (χ2n) is 9.15. The van der Waals surface area contributed by atoms with Crippen LogP contribution in [0.3, 0.4) is 0 Å². The Hall–Kier alpha value is -3.62. The fourth-order valence-corrected chi connectivity index (χ4v) is 4.91. The van der Waals surface area contributed by atoms with Crippen LogP contribution in [0.25, 0.3) is 11.0 Å². The molecule has 0 aliphatic heterocycles. The second-order valence-corrected chi connectivity index (χ2v) is 9.15. The Morgan fingerprint density at radius 2 is 1.89 bits per heavy atom. The smallest absolute Gasteiger partial charge is 0.247 e. The van der Waals surface area contributed by atoms with E-state index in [1.165, 1.54) is 0 Å². The van der Waals surface area contributed by atoms with Gasteiger partial charge in [-0.15, -0.1) is 5.10 Å². The molecule has 9 nitrogen and oxygen atoms in total. The van der Waals surface area contributed by atoms with Crippen LogP contribution >= 0.6 is 0 Å². The number of carbonyl (C=O) groups is 2. The zero-order valence-electron chi connectivity index (χ0n) is 21.3. The molecule has 1 aliphatic rings. The third-order valence-electron chi connectivity index (χ3n) is 6.77. The number of rotatable bonds is 11. The summed E-state index contributed by atoms with van der Waals surface area (Å²) in [7, 11) is 3.11. The van der Waals surface area contributed by atoms with E-state index < -0.39 is 6.04 Å². The number of ether oxygens (including phenoxy) is 2. The molecule has 1 atom stereocenters. The Bertz CT molecular complexity index is 1190. The molecule has 3 aromatic rings. The fraction of sp³-hybridized carbons (Fsp3) is 0.481. The summed E-state index contributed by atoms with van der Waals surface area (Å²) >= 11 is 0. The van der Waals surface area contributed by atoms with Gasteiger partial charge in [0.15, 0.2) is 11.5 Å². The molecule has 192 valence electrons. The summed E-state index contributed by atoms with van der Waals surface area (Å²) in [6, 6.07) is 12.2. The van der Waals surface area contributed by atoms with Gasteiger partial charge in [-0.25, -0.2) is 4.68 Å². The largest absolute Gasteiger partial charge is 0.493 e. The van der Waals surface area contributed by atoms with Gasteiger partial charge in [0.2, 0.25) is 11.8 Å². The minimum Gasteiger partial charge on any atom is -0.493 e. The molecule has 2 aromatic carbocycles. The van der Waals surface area contributed by atoms with E-state index >= 15 is 0 Å². The average molecular weight is 494 g/mol. The van der Waals surface area contributed by atoms with E-state index in [1.807, 2.05) is 36.4 Å². The molecule has 1 fully saturated rings. The summed E-state index contributed by atoms with van der Waals surface area (Å²) in [5, 5.41) is 11.6. The summed E-state index contributed by atoms with van der Waals surface area (Å²) in [5.41, 5.74) is 2.09. The average Bonchev–Trinajstić information content (AvgIpc) is 3.56. The number of aromatic nitrogens is 3. The minimum absolute atomic E-state index is 0.0241. The number of nitrogens with one attached hydrogen (secondary N) is 1. The van der Waals surface area contributed by atoms with E-state index in [2.05, 4.69) is 22.6 Å². The Morgan fingerprint density at radius 1 is 1.11 bits per heavy atom. The number of para-hydroxylation sites is 2. The van der Waals surface area contributed by atoms with Crippen LogP contribution in [0, 0.1) is 0 Å². The molecular weight excluding hydrogens is 458 g/mol. The number of unbranched alkanes of at least 4 members (excludes halogenated alkanes) is 1. The maximum absolute atomic E-state index is 13.9. The molecule has 0 bridgehead atoms. The van der Waals surface area contributed by atoms with Crippen molar-refractivity contribution in [2.45, 2.75) is 64.1 Å². The van der Waals surface area contributed by atoms with Crippen molar-refractivity contribution < 1.29 is 19.1 Å². The standard InChI is InChI=1S/C27H35N5O4/c1-4-5-17-31(24(33)18-32-22-15-9-8-14-21(22)29-30-32)25(27(34)28-19-11-6-7-12-19)20-13-10-16-23(35-2)26(20)36-3/h8-10,13-16,19,25H,4-7,11-12,17-18H2,1-3H3,(H,28,34)/t25-/m0/s1. The second kappa shape index (κ2) is 11.9. The van der Waals surface area contributed by atoms with Crippen LogP contribution in [-0.2, 0) is 16.1 Å². The van der Waals surface area contributed by atoms with Crippen molar-refractivity contribution in [1.82, 2.24) is 25.2 Å². The van der Waals surface area contributed by atoms with Crippen LogP contribution in [0.2, 0.25) is 0 Å². The molecule has 1 N–H and O–H groups in total. The number of methoxy groups -OCH3 is 2. The molecule has 1 aliphatic carbocycles. The highest BCUT2D eigenvalue weighted by molar-refractivity contribution is 5.90. The lowest BCUT2D eigenvalue weighted by Crippen LogP contribution is -2.47. The topological polar surface area (TPSA) is 98.6 Å². The molecule has 0 spiro atoms. The van der Waals surface area contributed by atoms with E-state index in [1.54, 1.807) is 29.9 Å². The quantitative estimate of drug-likeness (QED) is 0.435. The van der Waals surface area contributed by atoms with Gasteiger partial charge in [-0.1, -0.05) is 55.7 Å². The number of hydrogen-bond donors (Lipinski definition) is 1. The number of benzene rings is 2. The van der Waals surface area contributed by atoms with Crippen LogP contribution in [-0.4, -0.2) is 58.5 Å². The summed E-state index contributed by atoms with van der Waals surface area (Å²) in [5.74, 6) is 0.544. The highest BCUT2D eigenvalue weighted by Gasteiger charge is 2.35. The van der Waals surface area contributed by atoms with Gasteiger partial charge in [0.25, 0.3) is 0 Å². The summed E-state index contributed by atoms with van der Waals surface area (Å²) in [6.45, 7) is 2.46. The van der Waals surface area contributed by atoms with Gasteiger partial charge in [0.1, 0.15) is 18.1 Å². The Labute approximate surface area is 211 Å². The van der Waals surface area contributed by atoms with Crippen LogP contribution in [0.1, 0.15) is 57.1 Å². The maximum atomic E-state index is 13.9. The van der Waals surface area contributed by atoms with Gasteiger partial charge in [-0.2, -0.15) is 0 Å². The molecule has 1 heterocycles. The molecule has 2 amide bonds. The van der Waals surface area contributed by atoms with Crippen molar-refractivity contribution in [1.29, 1.82) is 0 Å². The first-order chi connectivity index (χ1) is 17.6. The normalized spacial score (nSPS) is 14.5.